The van der Waals surface area contributed by atoms with Gasteiger partial charge in [0, 0.05) is 12.6 Å². The predicted molar refractivity (Wildman–Crippen MR) is 165 cm³/mol. The number of anilines is 1. The molecule has 0 fully saturated rings. The molecule has 3 aromatic carbocycles. The third kappa shape index (κ3) is 7.97. The fraction of sp³-hybridized carbons (Fsp3) is 0.394. The van der Waals surface area contributed by atoms with Crippen LogP contribution in [0.25, 0.3) is 0 Å². The van der Waals surface area contributed by atoms with Gasteiger partial charge in [-0.15, -0.1) is 0 Å². The van der Waals surface area contributed by atoms with Crippen LogP contribution in [0.2, 0.25) is 0 Å². The van der Waals surface area contributed by atoms with Gasteiger partial charge in [-0.1, -0.05) is 73.5 Å². The van der Waals surface area contributed by atoms with Crippen molar-refractivity contribution >= 4 is 27.5 Å². The van der Waals surface area contributed by atoms with E-state index in [0.717, 1.165) is 34.2 Å². The molecule has 0 aliphatic carbocycles. The highest BCUT2D eigenvalue weighted by atomic mass is 32.2. The smallest absolute Gasteiger partial charge is 0.264 e. The van der Waals surface area contributed by atoms with Gasteiger partial charge < -0.3 is 10.2 Å². The lowest BCUT2D eigenvalue weighted by Gasteiger charge is -2.34. The lowest BCUT2D eigenvalue weighted by Crippen LogP contribution is -2.53. The Hall–Kier alpha value is -3.65. The summed E-state index contributed by atoms with van der Waals surface area (Å²) in [7, 11) is -4.11. The number of benzene rings is 3. The van der Waals surface area contributed by atoms with Crippen LogP contribution in [0.3, 0.4) is 0 Å². The SMILES string of the molecule is CCC(C)NC(=O)C(CC)N(Cc1ccc(C)cc1)C(=O)CN(c1cc(C)ccc1C)S(=O)(=O)c1ccc(C)cc1. The monoisotopic (exact) mass is 577 g/mol. The van der Waals surface area contributed by atoms with Crippen molar-refractivity contribution in [3.05, 3.63) is 94.5 Å². The fourth-order valence-electron chi connectivity index (χ4n) is 4.59. The summed E-state index contributed by atoms with van der Waals surface area (Å²) < 4.78 is 29.4. The largest absolute Gasteiger partial charge is 0.352 e. The van der Waals surface area contributed by atoms with Crippen LogP contribution < -0.4 is 9.62 Å². The molecular weight excluding hydrogens is 534 g/mol. The number of sulfonamides is 1. The Labute approximate surface area is 245 Å². The molecule has 0 aromatic heterocycles. The molecule has 0 spiro atoms. The van der Waals surface area contributed by atoms with Gasteiger partial charge in [-0.3, -0.25) is 13.9 Å². The maximum atomic E-state index is 14.2. The first kappa shape index (κ1) is 31.9. The van der Waals surface area contributed by atoms with Crippen LogP contribution in [-0.4, -0.2) is 43.8 Å². The lowest BCUT2D eigenvalue weighted by molar-refractivity contribution is -0.140. The number of carbonyl (C=O) groups is 2. The number of hydrogen-bond acceptors (Lipinski definition) is 4. The summed E-state index contributed by atoms with van der Waals surface area (Å²) in [5.41, 5.74) is 4.91. The first-order chi connectivity index (χ1) is 19.4. The van der Waals surface area contributed by atoms with Gasteiger partial charge in [0.25, 0.3) is 10.0 Å². The predicted octanol–water partition coefficient (Wildman–Crippen LogP) is 5.84. The van der Waals surface area contributed by atoms with Gasteiger partial charge in [0.05, 0.1) is 10.6 Å². The van der Waals surface area contributed by atoms with Crippen molar-refractivity contribution in [3.63, 3.8) is 0 Å². The molecule has 0 aliphatic heterocycles. The zero-order valence-corrected chi connectivity index (χ0v) is 26.1. The summed E-state index contributed by atoms with van der Waals surface area (Å²) in [6.45, 7) is 13.1. The van der Waals surface area contributed by atoms with Crippen LogP contribution in [-0.2, 0) is 26.2 Å². The van der Waals surface area contributed by atoms with Crippen molar-refractivity contribution in [2.45, 2.75) is 84.8 Å². The van der Waals surface area contributed by atoms with E-state index in [1.54, 1.807) is 30.3 Å². The number of nitrogens with one attached hydrogen (secondary N) is 1. The van der Waals surface area contributed by atoms with Gasteiger partial charge in [0.1, 0.15) is 12.6 Å². The van der Waals surface area contributed by atoms with Crippen LogP contribution in [0.1, 0.15) is 61.4 Å². The third-order valence-electron chi connectivity index (χ3n) is 7.38. The van der Waals surface area contributed by atoms with E-state index in [0.29, 0.717) is 12.1 Å². The van der Waals surface area contributed by atoms with Crippen LogP contribution in [0.4, 0.5) is 5.69 Å². The standard InChI is InChI=1S/C33H43N3O4S/c1-8-27(7)34-33(38)30(9-2)35(21-28-16-11-23(3)12-17-28)32(37)22-36(31-20-25(5)10-15-26(31)6)41(39,40)29-18-13-24(4)14-19-29/h10-20,27,30H,8-9,21-22H2,1-7H3,(H,34,38). The molecule has 41 heavy (non-hydrogen) atoms. The molecular formula is C33H43N3O4S. The average molecular weight is 578 g/mol. The molecule has 3 rings (SSSR count). The minimum atomic E-state index is -4.11. The summed E-state index contributed by atoms with van der Waals surface area (Å²) in [6, 6.07) is 19.1. The topological polar surface area (TPSA) is 86.8 Å². The Morgan fingerprint density at radius 1 is 0.805 bits per heavy atom. The second-order valence-electron chi connectivity index (χ2n) is 10.9. The molecule has 0 heterocycles. The van der Waals surface area contributed by atoms with Crippen molar-refractivity contribution in [2.24, 2.45) is 0 Å². The van der Waals surface area contributed by atoms with Crippen molar-refractivity contribution in [2.75, 3.05) is 10.8 Å². The first-order valence-corrected chi connectivity index (χ1v) is 15.6. The van der Waals surface area contributed by atoms with Crippen LogP contribution in [0.15, 0.2) is 71.6 Å². The third-order valence-corrected chi connectivity index (χ3v) is 9.16. The minimum Gasteiger partial charge on any atom is -0.352 e. The average Bonchev–Trinajstić information content (AvgIpc) is 2.94. The molecule has 1 N–H and O–H groups in total. The molecule has 0 radical (unpaired) electrons. The Morgan fingerprint density at radius 3 is 1.93 bits per heavy atom. The first-order valence-electron chi connectivity index (χ1n) is 14.2. The molecule has 2 atom stereocenters. The molecule has 7 nitrogen and oxygen atoms in total. The molecule has 0 bridgehead atoms. The molecule has 3 aromatic rings. The highest BCUT2D eigenvalue weighted by Gasteiger charge is 2.34. The molecule has 2 amide bonds. The van der Waals surface area contributed by atoms with Gasteiger partial charge in [-0.05, 0) is 82.3 Å². The normalized spacial score (nSPS) is 12.9. The van der Waals surface area contributed by atoms with Crippen molar-refractivity contribution in [1.82, 2.24) is 10.2 Å². The van der Waals surface area contributed by atoms with E-state index in [4.69, 9.17) is 0 Å². The second-order valence-corrected chi connectivity index (χ2v) is 12.7. The highest BCUT2D eigenvalue weighted by molar-refractivity contribution is 7.92. The van der Waals surface area contributed by atoms with Crippen LogP contribution in [0, 0.1) is 27.7 Å². The van der Waals surface area contributed by atoms with E-state index in [1.807, 2.05) is 84.9 Å². The zero-order valence-electron chi connectivity index (χ0n) is 25.3. The van der Waals surface area contributed by atoms with E-state index in [2.05, 4.69) is 5.32 Å². The number of hydrogen-bond donors (Lipinski definition) is 1. The summed E-state index contributed by atoms with van der Waals surface area (Å²) in [5.74, 6) is -0.699. The Bertz CT molecular complexity index is 1450. The molecule has 2 unspecified atom stereocenters. The Balaban J connectivity index is 2.10. The number of amides is 2. The van der Waals surface area contributed by atoms with Gasteiger partial charge in [0.2, 0.25) is 11.8 Å². The number of aryl methyl sites for hydroxylation is 4. The number of carbonyl (C=O) groups excluding carboxylic acids is 2. The van der Waals surface area contributed by atoms with Crippen molar-refractivity contribution in [3.8, 4) is 0 Å². The number of rotatable bonds is 12. The van der Waals surface area contributed by atoms with Gasteiger partial charge >= 0.3 is 0 Å². The zero-order chi connectivity index (χ0) is 30.3. The maximum absolute atomic E-state index is 14.2. The summed E-state index contributed by atoms with van der Waals surface area (Å²) in [5, 5.41) is 3.01. The van der Waals surface area contributed by atoms with Crippen LogP contribution in [0.5, 0.6) is 0 Å². The van der Waals surface area contributed by atoms with Crippen LogP contribution >= 0.6 is 0 Å². The van der Waals surface area contributed by atoms with E-state index in [1.165, 1.54) is 9.21 Å². The van der Waals surface area contributed by atoms with E-state index in [-0.39, 0.29) is 23.4 Å². The fourth-order valence-corrected chi connectivity index (χ4v) is 6.06. The van der Waals surface area contributed by atoms with Crippen molar-refractivity contribution in [1.29, 1.82) is 0 Å². The molecule has 0 saturated heterocycles. The highest BCUT2D eigenvalue weighted by Crippen LogP contribution is 2.29. The van der Waals surface area contributed by atoms with Gasteiger partial charge in [-0.25, -0.2) is 8.42 Å². The molecule has 0 saturated carbocycles. The lowest BCUT2D eigenvalue weighted by atomic mass is 10.1. The molecule has 0 aliphatic rings. The summed E-state index contributed by atoms with van der Waals surface area (Å²) in [4.78, 5) is 29.2. The summed E-state index contributed by atoms with van der Waals surface area (Å²) in [6.07, 6.45) is 1.14. The minimum absolute atomic E-state index is 0.0544. The molecule has 8 heteroatoms. The quantitative estimate of drug-likeness (QED) is 0.293. The van der Waals surface area contributed by atoms with E-state index in [9.17, 15) is 18.0 Å². The Kier molecular flexibility index (Phi) is 10.7. The summed E-state index contributed by atoms with van der Waals surface area (Å²) >= 11 is 0. The maximum Gasteiger partial charge on any atom is 0.264 e. The second kappa shape index (κ2) is 13.8. The molecule has 220 valence electrons. The van der Waals surface area contributed by atoms with Gasteiger partial charge in [-0.2, -0.15) is 0 Å². The Morgan fingerprint density at radius 2 is 1.37 bits per heavy atom. The van der Waals surface area contributed by atoms with Crippen molar-refractivity contribution < 1.29 is 18.0 Å². The van der Waals surface area contributed by atoms with E-state index >= 15 is 0 Å². The van der Waals surface area contributed by atoms with E-state index < -0.39 is 28.5 Å². The van der Waals surface area contributed by atoms with Gasteiger partial charge in [0.15, 0.2) is 0 Å². The number of nitrogens with zero attached hydrogens (tertiary/aromatic N) is 2.